The SMILES string of the molecule is Cc1cccc(Nc2ccc(C(=O)NCCC(C)C)nc2)c1. The van der Waals surface area contributed by atoms with E-state index in [1.807, 2.05) is 31.2 Å². The Hall–Kier alpha value is -2.36. The van der Waals surface area contributed by atoms with E-state index in [0.29, 0.717) is 18.2 Å². The molecule has 2 rings (SSSR count). The minimum atomic E-state index is -0.122. The van der Waals surface area contributed by atoms with Crippen LogP contribution in [0.5, 0.6) is 0 Å². The van der Waals surface area contributed by atoms with E-state index in [0.717, 1.165) is 17.8 Å². The van der Waals surface area contributed by atoms with Crippen LogP contribution in [0.1, 0.15) is 36.3 Å². The lowest BCUT2D eigenvalue weighted by Crippen LogP contribution is -2.26. The molecule has 0 radical (unpaired) electrons. The molecule has 0 aliphatic carbocycles. The van der Waals surface area contributed by atoms with Crippen molar-refractivity contribution in [1.82, 2.24) is 10.3 Å². The smallest absolute Gasteiger partial charge is 0.269 e. The Bertz CT molecular complexity index is 620. The average Bonchev–Trinajstić information content (AvgIpc) is 2.47. The number of amides is 1. The zero-order chi connectivity index (χ0) is 15.9. The first-order valence-electron chi connectivity index (χ1n) is 7.62. The topological polar surface area (TPSA) is 54.0 Å². The van der Waals surface area contributed by atoms with E-state index in [9.17, 15) is 4.79 Å². The molecule has 1 heterocycles. The van der Waals surface area contributed by atoms with Gasteiger partial charge >= 0.3 is 0 Å². The molecule has 0 bridgehead atoms. The van der Waals surface area contributed by atoms with Crippen molar-refractivity contribution >= 4 is 17.3 Å². The fraction of sp³-hybridized carbons (Fsp3) is 0.333. The molecular formula is C18H23N3O. The van der Waals surface area contributed by atoms with Gasteiger partial charge in [-0.05, 0) is 49.1 Å². The first-order valence-corrected chi connectivity index (χ1v) is 7.62. The zero-order valence-electron chi connectivity index (χ0n) is 13.4. The van der Waals surface area contributed by atoms with Gasteiger partial charge in [0.2, 0.25) is 0 Å². The molecule has 1 amide bonds. The molecule has 1 aromatic carbocycles. The van der Waals surface area contributed by atoms with E-state index in [1.165, 1.54) is 5.56 Å². The van der Waals surface area contributed by atoms with Gasteiger partial charge in [-0.1, -0.05) is 26.0 Å². The summed E-state index contributed by atoms with van der Waals surface area (Å²) in [5.41, 5.74) is 3.51. The number of nitrogens with one attached hydrogen (secondary N) is 2. The normalized spacial score (nSPS) is 10.5. The second kappa shape index (κ2) is 7.59. The van der Waals surface area contributed by atoms with E-state index in [1.54, 1.807) is 12.3 Å². The van der Waals surface area contributed by atoms with Crippen LogP contribution in [-0.4, -0.2) is 17.4 Å². The predicted molar refractivity (Wildman–Crippen MR) is 90.5 cm³/mol. The molecule has 2 N–H and O–H groups in total. The Morgan fingerprint density at radius 1 is 1.18 bits per heavy atom. The molecule has 0 saturated carbocycles. The number of aryl methyl sites for hydroxylation is 1. The van der Waals surface area contributed by atoms with Crippen LogP contribution in [0.4, 0.5) is 11.4 Å². The molecule has 0 aliphatic rings. The minimum Gasteiger partial charge on any atom is -0.354 e. The minimum absolute atomic E-state index is 0.122. The van der Waals surface area contributed by atoms with E-state index in [4.69, 9.17) is 0 Å². The van der Waals surface area contributed by atoms with Gasteiger partial charge in [0.25, 0.3) is 5.91 Å². The number of rotatable bonds is 6. The average molecular weight is 297 g/mol. The van der Waals surface area contributed by atoms with Crippen LogP contribution in [0.2, 0.25) is 0 Å². The summed E-state index contributed by atoms with van der Waals surface area (Å²) in [6.45, 7) is 7.00. The summed E-state index contributed by atoms with van der Waals surface area (Å²) < 4.78 is 0. The maximum absolute atomic E-state index is 11.9. The monoisotopic (exact) mass is 297 g/mol. The van der Waals surface area contributed by atoms with E-state index >= 15 is 0 Å². The van der Waals surface area contributed by atoms with Gasteiger partial charge in [-0.2, -0.15) is 0 Å². The van der Waals surface area contributed by atoms with Crippen molar-refractivity contribution < 1.29 is 4.79 Å². The molecule has 0 aliphatic heterocycles. The summed E-state index contributed by atoms with van der Waals surface area (Å²) in [4.78, 5) is 16.2. The number of anilines is 2. The number of carbonyl (C=O) groups excluding carboxylic acids is 1. The summed E-state index contributed by atoms with van der Waals surface area (Å²) in [5.74, 6) is 0.455. The standard InChI is InChI=1S/C18H23N3O/c1-13(2)9-10-19-18(22)17-8-7-16(12-20-17)21-15-6-4-5-14(3)11-15/h4-8,11-13,21H,9-10H2,1-3H3,(H,19,22). The molecule has 2 aromatic rings. The van der Waals surface area contributed by atoms with E-state index < -0.39 is 0 Å². The van der Waals surface area contributed by atoms with Gasteiger partial charge in [0.05, 0.1) is 11.9 Å². The van der Waals surface area contributed by atoms with Crippen molar-refractivity contribution in [2.75, 3.05) is 11.9 Å². The highest BCUT2D eigenvalue weighted by molar-refractivity contribution is 5.92. The molecule has 116 valence electrons. The Balaban J connectivity index is 1.93. The Kier molecular flexibility index (Phi) is 5.53. The number of carbonyl (C=O) groups is 1. The van der Waals surface area contributed by atoms with Gasteiger partial charge in [-0.3, -0.25) is 4.79 Å². The third kappa shape index (κ3) is 4.88. The van der Waals surface area contributed by atoms with Crippen LogP contribution in [0.25, 0.3) is 0 Å². The summed E-state index contributed by atoms with van der Waals surface area (Å²) >= 11 is 0. The highest BCUT2D eigenvalue weighted by atomic mass is 16.1. The van der Waals surface area contributed by atoms with Gasteiger partial charge in [0.1, 0.15) is 5.69 Å². The molecule has 0 fully saturated rings. The Morgan fingerprint density at radius 3 is 2.64 bits per heavy atom. The number of hydrogen-bond donors (Lipinski definition) is 2. The molecule has 0 atom stereocenters. The lowest BCUT2D eigenvalue weighted by Gasteiger charge is -2.09. The number of pyridine rings is 1. The molecular weight excluding hydrogens is 274 g/mol. The summed E-state index contributed by atoms with van der Waals surface area (Å²) in [6, 6.07) is 11.7. The maximum Gasteiger partial charge on any atom is 0.269 e. The Labute approximate surface area is 132 Å². The van der Waals surface area contributed by atoms with Crippen LogP contribution in [0.15, 0.2) is 42.6 Å². The summed E-state index contributed by atoms with van der Waals surface area (Å²) in [5, 5.41) is 6.16. The molecule has 22 heavy (non-hydrogen) atoms. The van der Waals surface area contributed by atoms with Gasteiger partial charge in [-0.15, -0.1) is 0 Å². The van der Waals surface area contributed by atoms with Crippen LogP contribution >= 0.6 is 0 Å². The first-order chi connectivity index (χ1) is 10.5. The highest BCUT2D eigenvalue weighted by Crippen LogP contribution is 2.16. The van der Waals surface area contributed by atoms with Crippen molar-refractivity contribution in [3.63, 3.8) is 0 Å². The van der Waals surface area contributed by atoms with Crippen LogP contribution in [0.3, 0.4) is 0 Å². The van der Waals surface area contributed by atoms with Gasteiger partial charge in [0, 0.05) is 12.2 Å². The lowest BCUT2D eigenvalue weighted by atomic mass is 10.1. The third-order valence-corrected chi connectivity index (χ3v) is 3.31. The van der Waals surface area contributed by atoms with Gasteiger partial charge in [-0.25, -0.2) is 4.98 Å². The fourth-order valence-corrected chi connectivity index (χ4v) is 2.06. The Morgan fingerprint density at radius 2 is 2.00 bits per heavy atom. The number of hydrogen-bond acceptors (Lipinski definition) is 3. The van der Waals surface area contributed by atoms with Gasteiger partial charge in [0.15, 0.2) is 0 Å². The van der Waals surface area contributed by atoms with Crippen molar-refractivity contribution in [2.24, 2.45) is 5.92 Å². The predicted octanol–water partition coefficient (Wildman–Crippen LogP) is 3.91. The molecule has 1 aromatic heterocycles. The van der Waals surface area contributed by atoms with Crippen LogP contribution in [0, 0.1) is 12.8 Å². The lowest BCUT2D eigenvalue weighted by molar-refractivity contribution is 0.0947. The molecule has 4 nitrogen and oxygen atoms in total. The number of nitrogens with zero attached hydrogens (tertiary/aromatic N) is 1. The van der Waals surface area contributed by atoms with Crippen molar-refractivity contribution in [1.29, 1.82) is 0 Å². The molecule has 0 spiro atoms. The quantitative estimate of drug-likeness (QED) is 0.850. The largest absolute Gasteiger partial charge is 0.354 e. The summed E-state index contributed by atoms with van der Waals surface area (Å²) in [6.07, 6.45) is 2.65. The fourth-order valence-electron chi connectivity index (χ4n) is 2.06. The van der Waals surface area contributed by atoms with Crippen molar-refractivity contribution in [3.05, 3.63) is 53.9 Å². The molecule has 0 unspecified atom stereocenters. The van der Waals surface area contributed by atoms with E-state index in [-0.39, 0.29) is 5.91 Å². The first kappa shape index (κ1) is 16.0. The molecule has 0 saturated heterocycles. The second-order valence-corrected chi connectivity index (χ2v) is 5.87. The van der Waals surface area contributed by atoms with Crippen LogP contribution < -0.4 is 10.6 Å². The van der Waals surface area contributed by atoms with Crippen molar-refractivity contribution in [2.45, 2.75) is 27.2 Å². The third-order valence-electron chi connectivity index (χ3n) is 3.31. The van der Waals surface area contributed by atoms with E-state index in [2.05, 4.69) is 35.5 Å². The van der Waals surface area contributed by atoms with Gasteiger partial charge < -0.3 is 10.6 Å². The second-order valence-electron chi connectivity index (χ2n) is 5.87. The molecule has 4 heteroatoms. The van der Waals surface area contributed by atoms with Crippen molar-refractivity contribution in [3.8, 4) is 0 Å². The highest BCUT2D eigenvalue weighted by Gasteiger charge is 2.07. The zero-order valence-corrected chi connectivity index (χ0v) is 13.4. The maximum atomic E-state index is 11.9. The van der Waals surface area contributed by atoms with Crippen LogP contribution in [-0.2, 0) is 0 Å². The summed E-state index contributed by atoms with van der Waals surface area (Å²) in [7, 11) is 0. The number of benzene rings is 1. The number of aromatic nitrogens is 1.